The highest BCUT2D eigenvalue weighted by Gasteiger charge is 2.25. The molecule has 7 heteroatoms. The van der Waals surface area contributed by atoms with Crippen LogP contribution in [0.15, 0.2) is 0 Å². The highest BCUT2D eigenvalue weighted by Crippen LogP contribution is 2.36. The van der Waals surface area contributed by atoms with E-state index >= 15 is 0 Å². The van der Waals surface area contributed by atoms with Gasteiger partial charge in [0.05, 0.1) is 10.5 Å². The standard InChI is InChI=1S/C6H6N2O4S/c1-2-3(6(9)10)4(7)13-5(2)8(11)12/h7H2,1H3,(H,9,10). The third-order valence-electron chi connectivity index (χ3n) is 1.53. The van der Waals surface area contributed by atoms with Crippen LogP contribution < -0.4 is 5.73 Å². The van der Waals surface area contributed by atoms with Crippen molar-refractivity contribution in [1.29, 1.82) is 0 Å². The first-order valence-electron chi connectivity index (χ1n) is 3.21. The largest absolute Gasteiger partial charge is 0.478 e. The van der Waals surface area contributed by atoms with Gasteiger partial charge in [0.25, 0.3) is 0 Å². The van der Waals surface area contributed by atoms with Crippen molar-refractivity contribution in [3.8, 4) is 0 Å². The summed E-state index contributed by atoms with van der Waals surface area (Å²) in [5, 5.41) is 18.8. The third-order valence-corrected chi connectivity index (χ3v) is 2.60. The molecule has 70 valence electrons. The number of carbonyl (C=O) groups is 1. The SMILES string of the molecule is Cc1c([N+](=O)[O-])sc(N)c1C(=O)O. The van der Waals surface area contributed by atoms with Crippen LogP contribution in [0.25, 0.3) is 0 Å². The number of rotatable bonds is 2. The molecule has 0 fully saturated rings. The second-order valence-corrected chi connectivity index (χ2v) is 3.36. The van der Waals surface area contributed by atoms with Gasteiger partial charge in [-0.3, -0.25) is 10.1 Å². The molecule has 1 heterocycles. The number of hydrogen-bond acceptors (Lipinski definition) is 5. The second-order valence-electron chi connectivity index (χ2n) is 2.33. The average molecular weight is 202 g/mol. The molecule has 0 bridgehead atoms. The molecule has 0 atom stereocenters. The first kappa shape index (κ1) is 9.46. The molecule has 0 aliphatic carbocycles. The number of carboxylic acid groups (broad SMARTS) is 1. The van der Waals surface area contributed by atoms with Crippen LogP contribution in [-0.4, -0.2) is 16.0 Å². The summed E-state index contributed by atoms with van der Waals surface area (Å²) < 4.78 is 0. The van der Waals surface area contributed by atoms with Crippen molar-refractivity contribution in [2.24, 2.45) is 0 Å². The maximum atomic E-state index is 10.6. The molecule has 0 amide bonds. The quantitative estimate of drug-likeness (QED) is 0.554. The topological polar surface area (TPSA) is 106 Å². The molecule has 0 aliphatic heterocycles. The zero-order chi connectivity index (χ0) is 10.2. The van der Waals surface area contributed by atoms with Crippen molar-refractivity contribution in [1.82, 2.24) is 0 Å². The van der Waals surface area contributed by atoms with Crippen molar-refractivity contribution < 1.29 is 14.8 Å². The zero-order valence-corrected chi connectivity index (χ0v) is 7.42. The van der Waals surface area contributed by atoms with Crippen LogP contribution in [0.2, 0.25) is 0 Å². The smallest absolute Gasteiger partial charge is 0.339 e. The van der Waals surface area contributed by atoms with Gasteiger partial charge in [0.15, 0.2) is 0 Å². The summed E-state index contributed by atoms with van der Waals surface area (Å²) in [4.78, 5) is 20.3. The predicted octanol–water partition coefficient (Wildman–Crippen LogP) is 1.25. The minimum Gasteiger partial charge on any atom is -0.478 e. The Bertz CT molecular complexity index is 384. The van der Waals surface area contributed by atoms with Gasteiger partial charge in [-0.15, -0.1) is 0 Å². The van der Waals surface area contributed by atoms with E-state index in [0.717, 1.165) is 0 Å². The lowest BCUT2D eigenvalue weighted by molar-refractivity contribution is -0.380. The normalized spacial score (nSPS) is 9.92. The molecule has 0 saturated heterocycles. The van der Waals surface area contributed by atoms with Crippen LogP contribution in [0.4, 0.5) is 10.0 Å². The first-order chi connectivity index (χ1) is 5.95. The van der Waals surface area contributed by atoms with Crippen LogP contribution in [0.1, 0.15) is 15.9 Å². The van der Waals surface area contributed by atoms with E-state index in [2.05, 4.69) is 0 Å². The fourth-order valence-electron chi connectivity index (χ4n) is 0.963. The molecule has 1 aromatic heterocycles. The Morgan fingerprint density at radius 3 is 2.46 bits per heavy atom. The first-order valence-corrected chi connectivity index (χ1v) is 4.03. The number of nitrogens with zero attached hydrogens (tertiary/aromatic N) is 1. The van der Waals surface area contributed by atoms with E-state index in [1.807, 2.05) is 0 Å². The molecule has 0 aliphatic rings. The number of carboxylic acids is 1. The van der Waals surface area contributed by atoms with Crippen LogP contribution in [-0.2, 0) is 0 Å². The molecule has 6 nitrogen and oxygen atoms in total. The van der Waals surface area contributed by atoms with Crippen molar-refractivity contribution >= 4 is 27.3 Å². The van der Waals surface area contributed by atoms with Crippen LogP contribution >= 0.6 is 11.3 Å². The molecule has 13 heavy (non-hydrogen) atoms. The Morgan fingerprint density at radius 2 is 2.23 bits per heavy atom. The summed E-state index contributed by atoms with van der Waals surface area (Å²) in [6.07, 6.45) is 0. The Labute approximate surface area is 76.8 Å². The van der Waals surface area contributed by atoms with Crippen molar-refractivity contribution in [3.05, 3.63) is 21.2 Å². The molecule has 0 unspecified atom stereocenters. The van der Waals surface area contributed by atoms with Crippen LogP contribution in [0.5, 0.6) is 0 Å². The van der Waals surface area contributed by atoms with E-state index < -0.39 is 10.9 Å². The fraction of sp³-hybridized carbons (Fsp3) is 0.167. The number of nitrogens with two attached hydrogens (primary N) is 1. The van der Waals surface area contributed by atoms with Crippen molar-refractivity contribution in [2.75, 3.05) is 5.73 Å². The Balaban J connectivity index is 3.39. The van der Waals surface area contributed by atoms with E-state index in [-0.39, 0.29) is 21.1 Å². The molecule has 0 saturated carbocycles. The van der Waals surface area contributed by atoms with Gasteiger partial charge in [0.1, 0.15) is 10.6 Å². The van der Waals surface area contributed by atoms with Gasteiger partial charge in [-0.05, 0) is 18.3 Å². The van der Waals surface area contributed by atoms with Gasteiger partial charge in [-0.2, -0.15) is 0 Å². The van der Waals surface area contributed by atoms with E-state index in [1.165, 1.54) is 6.92 Å². The minimum absolute atomic E-state index is 0.0308. The predicted molar refractivity (Wildman–Crippen MR) is 47.1 cm³/mol. The number of nitro groups is 1. The monoisotopic (exact) mass is 202 g/mol. The number of anilines is 1. The van der Waals surface area contributed by atoms with E-state index in [9.17, 15) is 14.9 Å². The molecule has 3 N–H and O–H groups in total. The summed E-state index contributed by atoms with van der Waals surface area (Å²) in [6, 6.07) is 0. The number of hydrogen-bond donors (Lipinski definition) is 2. The highest BCUT2D eigenvalue weighted by atomic mass is 32.1. The Hall–Kier alpha value is -1.63. The molecule has 0 radical (unpaired) electrons. The van der Waals surface area contributed by atoms with Gasteiger partial charge in [0, 0.05) is 0 Å². The fourth-order valence-corrected chi connectivity index (χ4v) is 1.84. The summed E-state index contributed by atoms with van der Waals surface area (Å²) in [6.45, 7) is 1.37. The lowest BCUT2D eigenvalue weighted by Gasteiger charge is -1.91. The number of aromatic carboxylic acids is 1. The second kappa shape index (κ2) is 3.02. The van der Waals surface area contributed by atoms with E-state index in [0.29, 0.717) is 11.3 Å². The van der Waals surface area contributed by atoms with Crippen LogP contribution in [0, 0.1) is 17.0 Å². The molecular formula is C6H6N2O4S. The number of nitrogen functional groups attached to an aromatic ring is 1. The average Bonchev–Trinajstić information content (AvgIpc) is 2.26. The van der Waals surface area contributed by atoms with Crippen molar-refractivity contribution in [3.63, 3.8) is 0 Å². The summed E-state index contributed by atoms with van der Waals surface area (Å²) >= 11 is 0.675. The lowest BCUT2D eigenvalue weighted by atomic mass is 10.2. The highest BCUT2D eigenvalue weighted by molar-refractivity contribution is 7.19. The van der Waals surface area contributed by atoms with Crippen LogP contribution in [0.3, 0.4) is 0 Å². The van der Waals surface area contributed by atoms with E-state index in [1.54, 1.807) is 0 Å². The molecule has 1 rings (SSSR count). The molecule has 0 spiro atoms. The van der Waals surface area contributed by atoms with Gasteiger partial charge in [-0.25, -0.2) is 4.79 Å². The summed E-state index contributed by atoms with van der Waals surface area (Å²) in [5.41, 5.74) is 5.26. The maximum absolute atomic E-state index is 10.6. The molecule has 1 aromatic rings. The molecule has 0 aromatic carbocycles. The van der Waals surface area contributed by atoms with E-state index in [4.69, 9.17) is 10.8 Å². The lowest BCUT2D eigenvalue weighted by Crippen LogP contribution is -2.00. The summed E-state index contributed by atoms with van der Waals surface area (Å²) in [5.74, 6) is -1.24. The molecular weight excluding hydrogens is 196 g/mol. The summed E-state index contributed by atoms with van der Waals surface area (Å²) in [7, 11) is 0. The maximum Gasteiger partial charge on any atom is 0.339 e. The third kappa shape index (κ3) is 1.45. The zero-order valence-electron chi connectivity index (χ0n) is 6.60. The van der Waals surface area contributed by atoms with Gasteiger partial charge < -0.3 is 10.8 Å². The van der Waals surface area contributed by atoms with Crippen molar-refractivity contribution in [2.45, 2.75) is 6.92 Å². The van der Waals surface area contributed by atoms with Gasteiger partial charge in [0.2, 0.25) is 0 Å². The van der Waals surface area contributed by atoms with Gasteiger partial charge in [-0.1, -0.05) is 0 Å². The number of thiophene rings is 1. The Morgan fingerprint density at radius 1 is 1.69 bits per heavy atom. The Kier molecular flexibility index (Phi) is 2.20. The minimum atomic E-state index is -1.24. The van der Waals surface area contributed by atoms with Gasteiger partial charge >= 0.3 is 11.0 Å².